The van der Waals surface area contributed by atoms with Crippen molar-refractivity contribution in [2.75, 3.05) is 33.4 Å². The molecule has 3 rings (SSSR count). The first kappa shape index (κ1) is 16.5. The van der Waals surface area contributed by atoms with Crippen molar-refractivity contribution in [2.45, 2.75) is 37.9 Å². The summed E-state index contributed by atoms with van der Waals surface area (Å²) in [5.74, 6) is -1.23. The van der Waals surface area contributed by atoms with Gasteiger partial charge in [0.2, 0.25) is 5.91 Å². The molecule has 23 heavy (non-hydrogen) atoms. The van der Waals surface area contributed by atoms with E-state index in [9.17, 15) is 9.59 Å². The van der Waals surface area contributed by atoms with E-state index in [1.165, 1.54) is 0 Å². The highest BCUT2D eigenvalue weighted by Crippen LogP contribution is 2.52. The number of methoxy groups -OCH3 is 1. The van der Waals surface area contributed by atoms with Gasteiger partial charge in [-0.15, -0.1) is 0 Å². The maximum atomic E-state index is 12.8. The lowest BCUT2D eigenvalue weighted by Crippen LogP contribution is -2.40. The minimum absolute atomic E-state index is 0.00499. The van der Waals surface area contributed by atoms with Crippen molar-refractivity contribution in [3.63, 3.8) is 0 Å². The lowest BCUT2D eigenvalue weighted by molar-refractivity contribution is -0.153. The highest BCUT2D eigenvalue weighted by Gasteiger charge is 2.67. The normalized spacial score (nSPS) is 34.3. The van der Waals surface area contributed by atoms with E-state index in [1.807, 2.05) is 19.1 Å². The van der Waals surface area contributed by atoms with Crippen LogP contribution in [0.3, 0.4) is 0 Å². The quantitative estimate of drug-likeness (QED) is 0.381. The molecule has 6 nitrogen and oxygen atoms in total. The number of esters is 1. The second-order valence-corrected chi connectivity index (χ2v) is 6.53. The fourth-order valence-electron chi connectivity index (χ4n) is 3.85. The molecule has 0 aromatic heterocycles. The number of unbranched alkanes of at least 4 members (excludes halogenated alkanes) is 1. The molecule has 2 fully saturated rings. The third kappa shape index (κ3) is 2.78. The van der Waals surface area contributed by atoms with Crippen molar-refractivity contribution in [2.24, 2.45) is 11.8 Å². The topological polar surface area (TPSA) is 65.1 Å². The van der Waals surface area contributed by atoms with Crippen molar-refractivity contribution in [1.82, 2.24) is 4.90 Å². The molecular formula is C17H25NO5. The van der Waals surface area contributed by atoms with E-state index in [1.54, 1.807) is 12.0 Å². The molecule has 2 saturated heterocycles. The van der Waals surface area contributed by atoms with E-state index in [-0.39, 0.29) is 18.0 Å². The first-order valence-corrected chi connectivity index (χ1v) is 8.44. The van der Waals surface area contributed by atoms with Crippen LogP contribution in [0.2, 0.25) is 0 Å². The molecule has 3 heterocycles. The summed E-state index contributed by atoms with van der Waals surface area (Å²) in [6.45, 7) is 4.22. The van der Waals surface area contributed by atoms with Gasteiger partial charge in [-0.2, -0.15) is 0 Å². The molecule has 0 saturated carbocycles. The Balaban J connectivity index is 1.69. The predicted molar refractivity (Wildman–Crippen MR) is 82.7 cm³/mol. The Morgan fingerprint density at radius 2 is 2.26 bits per heavy atom. The van der Waals surface area contributed by atoms with Crippen LogP contribution >= 0.6 is 0 Å². The van der Waals surface area contributed by atoms with E-state index in [0.29, 0.717) is 26.3 Å². The van der Waals surface area contributed by atoms with Crippen LogP contribution in [0.25, 0.3) is 0 Å². The van der Waals surface area contributed by atoms with Gasteiger partial charge in [0.25, 0.3) is 0 Å². The Morgan fingerprint density at radius 1 is 1.43 bits per heavy atom. The van der Waals surface area contributed by atoms with Crippen molar-refractivity contribution in [1.29, 1.82) is 0 Å². The summed E-state index contributed by atoms with van der Waals surface area (Å²) in [4.78, 5) is 27.0. The molecule has 0 radical (unpaired) electrons. The average Bonchev–Trinajstić information content (AvgIpc) is 3.16. The largest absolute Gasteiger partial charge is 0.465 e. The van der Waals surface area contributed by atoms with Crippen molar-refractivity contribution in [3.05, 3.63) is 12.2 Å². The average molecular weight is 323 g/mol. The van der Waals surface area contributed by atoms with Crippen LogP contribution in [0.1, 0.15) is 26.2 Å². The number of carbonyl (C=O) groups is 2. The second-order valence-electron chi connectivity index (χ2n) is 6.53. The summed E-state index contributed by atoms with van der Waals surface area (Å²) in [5.41, 5.74) is -0.636. The lowest BCUT2D eigenvalue weighted by atomic mass is 9.77. The summed E-state index contributed by atoms with van der Waals surface area (Å²) in [5, 5.41) is 0. The summed E-state index contributed by atoms with van der Waals surface area (Å²) in [6, 6.07) is 0. The van der Waals surface area contributed by atoms with Crippen LogP contribution in [0.15, 0.2) is 12.2 Å². The molecule has 1 amide bonds. The van der Waals surface area contributed by atoms with E-state index in [0.717, 1.165) is 19.3 Å². The first-order chi connectivity index (χ1) is 11.1. The van der Waals surface area contributed by atoms with Crippen LogP contribution in [-0.2, 0) is 23.8 Å². The minimum Gasteiger partial charge on any atom is -0.465 e. The van der Waals surface area contributed by atoms with Gasteiger partial charge in [-0.25, -0.2) is 0 Å². The van der Waals surface area contributed by atoms with Gasteiger partial charge in [-0.1, -0.05) is 25.5 Å². The predicted octanol–water partition coefficient (Wildman–Crippen LogP) is 1.15. The number of amides is 1. The zero-order chi connectivity index (χ0) is 16.4. The maximum Gasteiger partial charge on any atom is 0.312 e. The van der Waals surface area contributed by atoms with Gasteiger partial charge in [0.1, 0.15) is 11.5 Å². The summed E-state index contributed by atoms with van der Waals surface area (Å²) < 4.78 is 16.4. The fraction of sp³-hybridized carbons (Fsp3) is 0.765. The van der Waals surface area contributed by atoms with Gasteiger partial charge < -0.3 is 19.1 Å². The summed E-state index contributed by atoms with van der Waals surface area (Å²) in [6.07, 6.45) is 6.15. The third-order valence-corrected chi connectivity index (χ3v) is 4.97. The molecule has 2 bridgehead atoms. The molecule has 0 aliphatic carbocycles. The lowest BCUT2D eigenvalue weighted by Gasteiger charge is -2.22. The monoisotopic (exact) mass is 323 g/mol. The number of rotatable bonds is 8. The number of hydrogen-bond donors (Lipinski definition) is 0. The van der Waals surface area contributed by atoms with Crippen LogP contribution in [0.5, 0.6) is 0 Å². The molecule has 128 valence electrons. The zero-order valence-corrected chi connectivity index (χ0v) is 13.8. The molecule has 6 heteroatoms. The number of nitrogens with zero attached hydrogens (tertiary/aromatic N) is 1. The zero-order valence-electron chi connectivity index (χ0n) is 13.8. The highest BCUT2D eigenvalue weighted by atomic mass is 16.6. The number of fused-ring (bicyclic) bond motifs is 1. The highest BCUT2D eigenvalue weighted by molar-refractivity contribution is 5.91. The van der Waals surface area contributed by atoms with E-state index < -0.39 is 17.4 Å². The van der Waals surface area contributed by atoms with Crippen LogP contribution in [0, 0.1) is 11.8 Å². The molecule has 4 atom stereocenters. The Hall–Kier alpha value is -1.40. The van der Waals surface area contributed by atoms with E-state index in [4.69, 9.17) is 14.2 Å². The van der Waals surface area contributed by atoms with Crippen molar-refractivity contribution < 1.29 is 23.8 Å². The minimum atomic E-state index is -0.636. The summed E-state index contributed by atoms with van der Waals surface area (Å²) >= 11 is 0. The molecule has 3 aliphatic rings. The molecule has 0 aromatic carbocycles. The van der Waals surface area contributed by atoms with E-state index in [2.05, 4.69) is 0 Å². The number of carbonyl (C=O) groups excluding carboxylic acids is 2. The van der Waals surface area contributed by atoms with E-state index >= 15 is 0 Å². The molecule has 1 spiro atoms. The molecule has 0 N–H and O–H groups in total. The van der Waals surface area contributed by atoms with Crippen molar-refractivity contribution in [3.8, 4) is 0 Å². The first-order valence-electron chi connectivity index (χ1n) is 8.44. The SMILES string of the molecule is CCCCOC(=O)[C@@H]1[C@@H]2C=C[C@]3(CN(CCCOC)C(=O)[C@H]13)O2. The van der Waals surface area contributed by atoms with Gasteiger partial charge in [-0.05, 0) is 12.8 Å². The molecule has 3 aliphatic heterocycles. The maximum absolute atomic E-state index is 12.8. The van der Waals surface area contributed by atoms with Gasteiger partial charge in [0.15, 0.2) is 0 Å². The number of hydrogen-bond acceptors (Lipinski definition) is 5. The van der Waals surface area contributed by atoms with Crippen molar-refractivity contribution >= 4 is 11.9 Å². The Morgan fingerprint density at radius 3 is 3.00 bits per heavy atom. The molecule has 0 unspecified atom stereocenters. The van der Waals surface area contributed by atoms with Gasteiger partial charge in [0, 0.05) is 20.3 Å². The van der Waals surface area contributed by atoms with Crippen LogP contribution in [-0.4, -0.2) is 61.9 Å². The van der Waals surface area contributed by atoms with Crippen LogP contribution < -0.4 is 0 Å². The Labute approximate surface area is 136 Å². The summed E-state index contributed by atoms with van der Waals surface area (Å²) in [7, 11) is 1.65. The Bertz CT molecular complexity index is 505. The molecular weight excluding hydrogens is 298 g/mol. The van der Waals surface area contributed by atoms with Gasteiger partial charge >= 0.3 is 5.97 Å². The molecule has 0 aromatic rings. The number of ether oxygens (including phenoxy) is 3. The fourth-order valence-corrected chi connectivity index (χ4v) is 3.85. The van der Waals surface area contributed by atoms with Crippen LogP contribution in [0.4, 0.5) is 0 Å². The number of likely N-dealkylation sites (tertiary alicyclic amines) is 1. The van der Waals surface area contributed by atoms with Gasteiger partial charge in [0.05, 0.1) is 25.2 Å². The smallest absolute Gasteiger partial charge is 0.312 e. The Kier molecular flexibility index (Phi) is 4.73. The standard InChI is InChI=1S/C17H25NO5/c1-3-4-10-22-16(20)13-12-6-7-17(23-12)11-18(8-5-9-21-2)15(19)14(13)17/h6-7,12-14H,3-5,8-11H2,1-2H3/t12-,13+,14-,17+/m0/s1. The second kappa shape index (κ2) is 6.61. The van der Waals surface area contributed by atoms with Gasteiger partial charge in [-0.3, -0.25) is 9.59 Å². The third-order valence-electron chi connectivity index (χ3n) is 4.97.